The second-order valence-electron chi connectivity index (χ2n) is 5.05. The van der Waals surface area contributed by atoms with E-state index in [-0.39, 0.29) is 18.1 Å². The number of aromatic hydroxyl groups is 1. The SMILES string of the molecule is COc1ccc(C(=O)NCCCCCCCC(=O)O)cc1O. The Morgan fingerprint density at radius 2 is 1.82 bits per heavy atom. The summed E-state index contributed by atoms with van der Waals surface area (Å²) in [6.45, 7) is 0.560. The first kappa shape index (κ1) is 17.8. The highest BCUT2D eigenvalue weighted by Crippen LogP contribution is 2.26. The molecular formula is C16H23NO5. The molecule has 0 saturated carbocycles. The van der Waals surface area contributed by atoms with Gasteiger partial charge in [0.1, 0.15) is 0 Å². The monoisotopic (exact) mass is 309 g/mol. The lowest BCUT2D eigenvalue weighted by atomic mass is 10.1. The van der Waals surface area contributed by atoms with Crippen LogP contribution in [0.5, 0.6) is 11.5 Å². The number of phenols is 1. The van der Waals surface area contributed by atoms with Gasteiger partial charge in [0.15, 0.2) is 11.5 Å². The van der Waals surface area contributed by atoms with Crippen molar-refractivity contribution in [1.29, 1.82) is 0 Å². The van der Waals surface area contributed by atoms with Crippen molar-refractivity contribution < 1.29 is 24.5 Å². The standard InChI is InChI=1S/C16H23NO5/c1-22-14-9-8-12(11-13(14)18)16(21)17-10-6-4-2-3-5-7-15(19)20/h8-9,11,18H,2-7,10H2,1H3,(H,17,21)(H,19,20). The highest BCUT2D eigenvalue weighted by Gasteiger charge is 2.08. The molecule has 0 aliphatic heterocycles. The van der Waals surface area contributed by atoms with Crippen LogP contribution >= 0.6 is 0 Å². The van der Waals surface area contributed by atoms with Crippen molar-refractivity contribution in [1.82, 2.24) is 5.32 Å². The van der Waals surface area contributed by atoms with Gasteiger partial charge in [0, 0.05) is 18.5 Å². The minimum atomic E-state index is -0.755. The van der Waals surface area contributed by atoms with Crippen LogP contribution in [0, 0.1) is 0 Å². The van der Waals surface area contributed by atoms with Crippen LogP contribution in [-0.4, -0.2) is 35.7 Å². The molecule has 6 heteroatoms. The quantitative estimate of drug-likeness (QED) is 0.577. The van der Waals surface area contributed by atoms with Crippen molar-refractivity contribution in [2.24, 2.45) is 0 Å². The van der Waals surface area contributed by atoms with E-state index in [1.807, 2.05) is 0 Å². The van der Waals surface area contributed by atoms with Crippen molar-refractivity contribution in [2.75, 3.05) is 13.7 Å². The average Bonchev–Trinajstić information content (AvgIpc) is 2.49. The first-order valence-electron chi connectivity index (χ1n) is 7.41. The predicted molar refractivity (Wildman–Crippen MR) is 82.3 cm³/mol. The van der Waals surface area contributed by atoms with Crippen LogP contribution in [0.3, 0.4) is 0 Å². The van der Waals surface area contributed by atoms with Crippen LogP contribution in [0.2, 0.25) is 0 Å². The number of nitrogens with one attached hydrogen (secondary N) is 1. The number of ether oxygens (including phenoxy) is 1. The molecule has 0 heterocycles. The summed E-state index contributed by atoms with van der Waals surface area (Å²) in [5.74, 6) is -0.717. The van der Waals surface area contributed by atoms with E-state index in [1.165, 1.54) is 13.2 Å². The Kier molecular flexibility index (Phi) is 7.81. The number of rotatable bonds is 10. The number of unbranched alkanes of at least 4 members (excludes halogenated alkanes) is 4. The van der Waals surface area contributed by atoms with Gasteiger partial charge in [-0.2, -0.15) is 0 Å². The zero-order valence-electron chi connectivity index (χ0n) is 12.8. The summed E-state index contributed by atoms with van der Waals surface area (Å²) < 4.78 is 4.92. The first-order valence-corrected chi connectivity index (χ1v) is 7.41. The third-order valence-electron chi connectivity index (χ3n) is 3.29. The van der Waals surface area contributed by atoms with Crippen LogP contribution < -0.4 is 10.1 Å². The number of phenolic OH excluding ortho intramolecular Hbond substituents is 1. The molecule has 0 aliphatic rings. The fourth-order valence-corrected chi connectivity index (χ4v) is 2.07. The molecule has 0 radical (unpaired) electrons. The number of amides is 1. The summed E-state index contributed by atoms with van der Waals surface area (Å²) in [5.41, 5.74) is 0.389. The molecule has 1 rings (SSSR count). The number of methoxy groups -OCH3 is 1. The second-order valence-corrected chi connectivity index (χ2v) is 5.05. The molecule has 1 amide bonds. The molecular weight excluding hydrogens is 286 g/mol. The Labute approximate surface area is 130 Å². The van der Waals surface area contributed by atoms with Gasteiger partial charge >= 0.3 is 5.97 Å². The van der Waals surface area contributed by atoms with Crippen molar-refractivity contribution in [3.63, 3.8) is 0 Å². The molecule has 22 heavy (non-hydrogen) atoms. The molecule has 0 fully saturated rings. The van der Waals surface area contributed by atoms with E-state index in [0.29, 0.717) is 24.3 Å². The maximum absolute atomic E-state index is 11.9. The van der Waals surface area contributed by atoms with Gasteiger partial charge in [-0.1, -0.05) is 19.3 Å². The van der Waals surface area contributed by atoms with Gasteiger partial charge in [-0.3, -0.25) is 9.59 Å². The molecule has 0 atom stereocenters. The number of carboxylic acids is 1. The zero-order valence-corrected chi connectivity index (χ0v) is 12.8. The minimum absolute atomic E-state index is 0.0615. The van der Waals surface area contributed by atoms with Gasteiger partial charge in [-0.25, -0.2) is 0 Å². The molecule has 6 nitrogen and oxygen atoms in total. The molecule has 0 aromatic heterocycles. The van der Waals surface area contributed by atoms with Gasteiger partial charge in [-0.05, 0) is 31.0 Å². The Hall–Kier alpha value is -2.24. The molecule has 0 bridgehead atoms. The zero-order chi connectivity index (χ0) is 16.4. The van der Waals surface area contributed by atoms with Crippen molar-refractivity contribution in [2.45, 2.75) is 38.5 Å². The molecule has 1 aromatic rings. The summed E-state index contributed by atoms with van der Waals surface area (Å²) in [4.78, 5) is 22.2. The molecule has 122 valence electrons. The van der Waals surface area contributed by atoms with Crippen LogP contribution in [0.1, 0.15) is 48.9 Å². The second kappa shape index (κ2) is 9.65. The van der Waals surface area contributed by atoms with E-state index in [9.17, 15) is 14.7 Å². The topological polar surface area (TPSA) is 95.9 Å². The maximum Gasteiger partial charge on any atom is 0.303 e. The maximum atomic E-state index is 11.9. The Morgan fingerprint density at radius 3 is 2.45 bits per heavy atom. The largest absolute Gasteiger partial charge is 0.504 e. The van der Waals surface area contributed by atoms with Gasteiger partial charge < -0.3 is 20.3 Å². The lowest BCUT2D eigenvalue weighted by molar-refractivity contribution is -0.137. The van der Waals surface area contributed by atoms with E-state index in [0.717, 1.165) is 25.7 Å². The van der Waals surface area contributed by atoms with Crippen molar-refractivity contribution >= 4 is 11.9 Å². The normalized spacial score (nSPS) is 10.2. The van der Waals surface area contributed by atoms with Gasteiger partial charge in [-0.15, -0.1) is 0 Å². The number of carboxylic acid groups (broad SMARTS) is 1. The lowest BCUT2D eigenvalue weighted by Gasteiger charge is -2.07. The number of aliphatic carboxylic acids is 1. The lowest BCUT2D eigenvalue weighted by Crippen LogP contribution is -2.24. The minimum Gasteiger partial charge on any atom is -0.504 e. The number of carbonyl (C=O) groups excluding carboxylic acids is 1. The fourth-order valence-electron chi connectivity index (χ4n) is 2.07. The molecule has 0 aliphatic carbocycles. The highest BCUT2D eigenvalue weighted by atomic mass is 16.5. The molecule has 3 N–H and O–H groups in total. The summed E-state index contributed by atoms with van der Waals surface area (Å²) in [6, 6.07) is 4.52. The molecule has 0 spiro atoms. The van der Waals surface area contributed by atoms with E-state index in [2.05, 4.69) is 5.32 Å². The van der Waals surface area contributed by atoms with Gasteiger partial charge in [0.25, 0.3) is 5.91 Å². The Balaban J connectivity index is 2.18. The number of hydrogen-bond donors (Lipinski definition) is 3. The highest BCUT2D eigenvalue weighted by molar-refractivity contribution is 5.94. The first-order chi connectivity index (χ1) is 10.5. The summed E-state index contributed by atoms with van der Waals surface area (Å²) in [5, 5.41) is 20.9. The van der Waals surface area contributed by atoms with Gasteiger partial charge in [0.05, 0.1) is 7.11 Å². The van der Waals surface area contributed by atoms with Gasteiger partial charge in [0.2, 0.25) is 0 Å². The number of benzene rings is 1. The molecule has 0 saturated heterocycles. The number of carbonyl (C=O) groups is 2. The van der Waals surface area contributed by atoms with Crippen LogP contribution in [0.25, 0.3) is 0 Å². The third-order valence-corrected chi connectivity index (χ3v) is 3.29. The van der Waals surface area contributed by atoms with Crippen LogP contribution in [-0.2, 0) is 4.79 Å². The van der Waals surface area contributed by atoms with Crippen molar-refractivity contribution in [3.8, 4) is 11.5 Å². The van der Waals surface area contributed by atoms with E-state index >= 15 is 0 Å². The average molecular weight is 309 g/mol. The van der Waals surface area contributed by atoms with Crippen LogP contribution in [0.15, 0.2) is 18.2 Å². The summed E-state index contributed by atoms with van der Waals surface area (Å²) in [7, 11) is 1.45. The molecule has 0 unspecified atom stereocenters. The smallest absolute Gasteiger partial charge is 0.303 e. The number of hydrogen-bond acceptors (Lipinski definition) is 4. The van der Waals surface area contributed by atoms with E-state index in [4.69, 9.17) is 9.84 Å². The van der Waals surface area contributed by atoms with E-state index in [1.54, 1.807) is 12.1 Å². The fraction of sp³-hybridized carbons (Fsp3) is 0.500. The van der Waals surface area contributed by atoms with Crippen LogP contribution in [0.4, 0.5) is 0 Å². The summed E-state index contributed by atoms with van der Waals surface area (Å²) >= 11 is 0. The summed E-state index contributed by atoms with van der Waals surface area (Å²) in [6.07, 6.45) is 4.58. The Bertz CT molecular complexity index is 501. The predicted octanol–water partition coefficient (Wildman–Crippen LogP) is 2.56. The third kappa shape index (κ3) is 6.47. The van der Waals surface area contributed by atoms with Crippen molar-refractivity contribution in [3.05, 3.63) is 23.8 Å². The Morgan fingerprint density at radius 1 is 1.14 bits per heavy atom. The molecule has 1 aromatic carbocycles. The van der Waals surface area contributed by atoms with E-state index < -0.39 is 5.97 Å².